The summed E-state index contributed by atoms with van der Waals surface area (Å²) in [6.07, 6.45) is 1.79. The average molecular weight is 843 g/mol. The Balaban J connectivity index is 0.000000255. The van der Waals surface area contributed by atoms with Gasteiger partial charge in [-0.15, -0.1) is 54.1 Å². The fourth-order valence-corrected chi connectivity index (χ4v) is 7.52. The molecule has 0 fully saturated rings. The predicted octanol–water partition coefficient (Wildman–Crippen LogP) is 10.3. The van der Waals surface area contributed by atoms with E-state index in [0.29, 0.717) is 0 Å². The van der Waals surface area contributed by atoms with Crippen molar-refractivity contribution in [3.05, 3.63) is 151 Å². The van der Waals surface area contributed by atoms with Crippen LogP contribution in [0.2, 0.25) is 19.6 Å². The second-order valence-corrected chi connectivity index (χ2v) is 18.2. The van der Waals surface area contributed by atoms with Crippen molar-refractivity contribution >= 4 is 57.1 Å². The van der Waals surface area contributed by atoms with E-state index in [9.17, 15) is 0 Å². The van der Waals surface area contributed by atoms with Gasteiger partial charge in [-0.1, -0.05) is 96.4 Å². The summed E-state index contributed by atoms with van der Waals surface area (Å²) >= 11 is 0. The molecule has 0 saturated carbocycles. The number of aryl methyl sites for hydroxylation is 1. The second kappa shape index (κ2) is 13.6. The van der Waals surface area contributed by atoms with Crippen molar-refractivity contribution in [3.63, 3.8) is 0 Å². The molecule has 4 aromatic heterocycles. The molecule has 1 radical (unpaired) electrons. The Morgan fingerprint density at radius 1 is 0.700 bits per heavy atom. The molecule has 7 heteroatoms. The van der Waals surface area contributed by atoms with Crippen molar-refractivity contribution in [2.24, 2.45) is 0 Å². The molecule has 0 spiro atoms. The van der Waals surface area contributed by atoms with Gasteiger partial charge in [0, 0.05) is 42.8 Å². The molecule has 50 heavy (non-hydrogen) atoms. The maximum atomic E-state index is 6.60. The molecule has 247 valence electrons. The van der Waals surface area contributed by atoms with Crippen LogP contribution in [0.25, 0.3) is 72.2 Å². The summed E-state index contributed by atoms with van der Waals surface area (Å²) in [5, 5.41) is 4.66. The summed E-state index contributed by atoms with van der Waals surface area (Å²) in [4.78, 5) is 14.3. The Bertz CT molecular complexity index is 2560. The van der Waals surface area contributed by atoms with E-state index in [0.717, 1.165) is 77.9 Å². The molecule has 5 aromatic carbocycles. The molecule has 0 unspecified atom stereocenters. The molecule has 4 heterocycles. The molecule has 9 rings (SSSR count). The van der Waals surface area contributed by atoms with Crippen LogP contribution in [0.3, 0.4) is 0 Å². The van der Waals surface area contributed by atoms with Crippen LogP contribution >= 0.6 is 0 Å². The van der Waals surface area contributed by atoms with Crippen LogP contribution in [-0.4, -0.2) is 27.6 Å². The van der Waals surface area contributed by atoms with Crippen LogP contribution in [0.4, 0.5) is 0 Å². The third kappa shape index (κ3) is 6.09. The first kappa shape index (κ1) is 33.3. The maximum absolute atomic E-state index is 6.60. The summed E-state index contributed by atoms with van der Waals surface area (Å²) in [6, 6.07) is 49.7. The minimum Gasteiger partial charge on any atom is -0.501 e. The predicted molar refractivity (Wildman–Crippen MR) is 204 cm³/mol. The van der Waals surface area contributed by atoms with Gasteiger partial charge in [0.1, 0.15) is 5.58 Å². The number of furan rings is 1. The molecular formula is C43H34IrN4OSi-2. The van der Waals surface area contributed by atoms with Gasteiger partial charge in [-0.25, -0.2) is 0 Å². The molecule has 0 N–H and O–H groups in total. The normalized spacial score (nSPS) is 11.4. The first-order chi connectivity index (χ1) is 23.9. The fraction of sp³-hybridized carbons (Fsp3) is 0.0930. The number of benzene rings is 5. The van der Waals surface area contributed by atoms with Gasteiger partial charge in [0.05, 0.1) is 41.7 Å². The number of para-hydroxylation sites is 2. The number of pyridine rings is 2. The molecule has 0 saturated heterocycles. The zero-order chi connectivity index (χ0) is 33.5. The second-order valence-electron chi connectivity index (χ2n) is 13.2. The number of imidazole rings is 1. The number of aromatic nitrogens is 4. The van der Waals surface area contributed by atoms with E-state index in [4.69, 9.17) is 14.4 Å². The molecule has 0 aliphatic heterocycles. The Hall–Kier alpha value is -5.20. The van der Waals surface area contributed by atoms with Crippen molar-refractivity contribution in [2.75, 3.05) is 0 Å². The van der Waals surface area contributed by atoms with E-state index in [2.05, 4.69) is 108 Å². The maximum Gasteiger partial charge on any atom is 0.120 e. The number of hydrogen-bond donors (Lipinski definition) is 0. The quantitative estimate of drug-likeness (QED) is 0.131. The van der Waals surface area contributed by atoms with E-state index in [1.165, 1.54) is 5.19 Å². The van der Waals surface area contributed by atoms with Gasteiger partial charge in [0.15, 0.2) is 0 Å². The van der Waals surface area contributed by atoms with Gasteiger partial charge in [0.25, 0.3) is 0 Å². The van der Waals surface area contributed by atoms with E-state index in [1.54, 1.807) is 6.20 Å². The molecule has 0 aliphatic rings. The van der Waals surface area contributed by atoms with Crippen molar-refractivity contribution in [1.82, 2.24) is 19.5 Å². The summed E-state index contributed by atoms with van der Waals surface area (Å²) in [6.45, 7) is 9.11. The molecule has 9 aromatic rings. The molecule has 5 nitrogen and oxygen atoms in total. The van der Waals surface area contributed by atoms with Crippen LogP contribution in [0.1, 0.15) is 5.69 Å². The number of hydrogen-bond acceptors (Lipinski definition) is 4. The first-order valence-electron chi connectivity index (χ1n) is 16.5. The molecule has 0 atom stereocenters. The van der Waals surface area contributed by atoms with Crippen LogP contribution in [0.15, 0.2) is 138 Å². The monoisotopic (exact) mass is 843 g/mol. The molecule has 0 amide bonds. The third-order valence-corrected chi connectivity index (χ3v) is 10.9. The summed E-state index contributed by atoms with van der Waals surface area (Å²) < 4.78 is 8.83. The van der Waals surface area contributed by atoms with Gasteiger partial charge in [-0.2, -0.15) is 0 Å². The van der Waals surface area contributed by atoms with Gasteiger partial charge < -0.3 is 14.0 Å². The van der Waals surface area contributed by atoms with Crippen LogP contribution in [0, 0.1) is 19.1 Å². The summed E-state index contributed by atoms with van der Waals surface area (Å²) in [5.74, 6) is 0.803. The minimum absolute atomic E-state index is 0. The van der Waals surface area contributed by atoms with Crippen molar-refractivity contribution in [2.45, 2.75) is 26.6 Å². The fourth-order valence-electron chi connectivity index (χ4n) is 6.37. The van der Waals surface area contributed by atoms with Crippen molar-refractivity contribution in [3.8, 4) is 28.3 Å². The molecular weight excluding hydrogens is 809 g/mol. The topological polar surface area (TPSA) is 56.7 Å². The zero-order valence-electron chi connectivity index (χ0n) is 28.2. The summed E-state index contributed by atoms with van der Waals surface area (Å²) in [5.41, 5.74) is 9.43. The number of rotatable bonds is 4. The SMILES string of the molecule is Cc1nc2ccccc2c2c1nc(-c1[c-]ccc3c1oc1cc([Si](C)(C)C)ccc13)n2-c1ccccc1.[Ir].[c-]1ccccc1-c1ccccn1. The van der Waals surface area contributed by atoms with Gasteiger partial charge in [-0.3, -0.25) is 9.97 Å². The van der Waals surface area contributed by atoms with Gasteiger partial charge in [-0.05, 0) is 42.9 Å². The van der Waals surface area contributed by atoms with Gasteiger partial charge in [0.2, 0.25) is 0 Å². The number of fused-ring (bicyclic) bond motifs is 6. The Labute approximate surface area is 306 Å². The smallest absolute Gasteiger partial charge is 0.120 e. The molecule has 0 bridgehead atoms. The standard InChI is InChI=1S/C32H26N3OSi.C11H8N.Ir/c1-20-29-30(25-13-8-9-16-27(25)33-20)35(21-11-6-5-7-12-21)32(34-29)26-15-10-14-24-23-18-17-22(37(2,3)4)19-28(23)36-31(24)26;1-2-6-10(7-3-1)11-8-4-5-9-12-11;/h5-14,16-19H,1-4H3;1-6,8-9H;/q2*-1;. The van der Waals surface area contributed by atoms with Gasteiger partial charge >= 0.3 is 0 Å². The Morgan fingerprint density at radius 2 is 1.48 bits per heavy atom. The summed E-state index contributed by atoms with van der Waals surface area (Å²) in [7, 11) is -1.48. The van der Waals surface area contributed by atoms with E-state index in [-0.39, 0.29) is 20.1 Å². The van der Waals surface area contributed by atoms with Crippen molar-refractivity contribution < 1.29 is 24.5 Å². The van der Waals surface area contributed by atoms with Crippen LogP contribution in [-0.2, 0) is 20.1 Å². The zero-order valence-corrected chi connectivity index (χ0v) is 31.6. The third-order valence-electron chi connectivity index (χ3n) is 8.85. The molecule has 0 aliphatic carbocycles. The van der Waals surface area contributed by atoms with E-state index < -0.39 is 8.07 Å². The number of nitrogens with zero attached hydrogens (tertiary/aromatic N) is 4. The Morgan fingerprint density at radius 3 is 2.24 bits per heavy atom. The largest absolute Gasteiger partial charge is 0.501 e. The van der Waals surface area contributed by atoms with Crippen LogP contribution < -0.4 is 5.19 Å². The first-order valence-corrected chi connectivity index (χ1v) is 20.0. The van der Waals surface area contributed by atoms with E-state index in [1.807, 2.05) is 67.6 Å². The van der Waals surface area contributed by atoms with Crippen molar-refractivity contribution in [1.29, 1.82) is 0 Å². The van der Waals surface area contributed by atoms with E-state index >= 15 is 0 Å². The van der Waals surface area contributed by atoms with Crippen LogP contribution in [0.5, 0.6) is 0 Å². The average Bonchev–Trinajstić information content (AvgIpc) is 3.73. The Kier molecular flexibility index (Phi) is 9.06. The minimum atomic E-state index is -1.48.